The second-order valence-corrected chi connectivity index (χ2v) is 6.85. The molecule has 0 atom stereocenters. The van der Waals surface area contributed by atoms with Crippen molar-refractivity contribution in [1.82, 2.24) is 0 Å². The highest BCUT2D eigenvalue weighted by atomic mass is 32.1. The Morgan fingerprint density at radius 2 is 1.96 bits per heavy atom. The summed E-state index contributed by atoms with van der Waals surface area (Å²) < 4.78 is 11.1. The summed E-state index contributed by atoms with van der Waals surface area (Å²) in [6.07, 6.45) is 4.15. The van der Waals surface area contributed by atoms with Gasteiger partial charge in [0.05, 0.1) is 12.2 Å². The molecule has 1 amide bonds. The molecule has 1 aromatic heterocycles. The maximum absolute atomic E-state index is 12.3. The van der Waals surface area contributed by atoms with E-state index in [9.17, 15) is 10.1 Å². The highest BCUT2D eigenvalue weighted by Gasteiger charge is 2.21. The van der Waals surface area contributed by atoms with E-state index < -0.39 is 0 Å². The van der Waals surface area contributed by atoms with E-state index in [1.165, 1.54) is 16.2 Å². The van der Waals surface area contributed by atoms with Crippen molar-refractivity contribution < 1.29 is 14.3 Å². The maximum atomic E-state index is 12.3. The first-order chi connectivity index (χ1) is 12.2. The minimum Gasteiger partial charge on any atom is -0.490 e. The number of hydrogen-bond donors (Lipinski definition) is 1. The molecule has 0 radical (unpaired) electrons. The number of rotatable bonds is 6. The number of fused-ring (bicyclic) bond motifs is 1. The zero-order chi connectivity index (χ0) is 17.6. The molecule has 0 aliphatic heterocycles. The van der Waals surface area contributed by atoms with Crippen molar-refractivity contribution in [2.75, 3.05) is 18.5 Å². The number of carbonyl (C=O) groups excluding carboxylic acids is 1. The van der Waals surface area contributed by atoms with Gasteiger partial charge in [0.25, 0.3) is 5.91 Å². The van der Waals surface area contributed by atoms with Crippen LogP contribution in [0.2, 0.25) is 0 Å². The predicted octanol–water partition coefficient (Wildman–Crippen LogP) is 3.91. The van der Waals surface area contributed by atoms with E-state index in [1.807, 2.05) is 19.1 Å². The Hall–Kier alpha value is -2.52. The Morgan fingerprint density at radius 1 is 1.24 bits per heavy atom. The van der Waals surface area contributed by atoms with Gasteiger partial charge in [-0.15, -0.1) is 11.3 Å². The van der Waals surface area contributed by atoms with Crippen LogP contribution < -0.4 is 14.8 Å². The van der Waals surface area contributed by atoms with Gasteiger partial charge in [-0.25, -0.2) is 0 Å². The van der Waals surface area contributed by atoms with Crippen molar-refractivity contribution in [3.63, 3.8) is 0 Å². The number of aryl methyl sites for hydroxylation is 1. The Bertz CT molecular complexity index is 807. The third kappa shape index (κ3) is 3.94. The number of carbonyl (C=O) groups is 1. The molecule has 25 heavy (non-hydrogen) atoms. The molecule has 1 N–H and O–H groups in total. The van der Waals surface area contributed by atoms with Crippen LogP contribution in [-0.4, -0.2) is 19.1 Å². The molecule has 130 valence electrons. The van der Waals surface area contributed by atoms with Crippen LogP contribution in [0.15, 0.2) is 24.3 Å². The molecule has 0 spiro atoms. The number of para-hydroxylation sites is 2. The van der Waals surface area contributed by atoms with E-state index in [1.54, 1.807) is 12.1 Å². The molecule has 0 bridgehead atoms. The largest absolute Gasteiger partial charge is 0.490 e. The summed E-state index contributed by atoms with van der Waals surface area (Å²) in [6.45, 7) is 2.29. The fraction of sp³-hybridized carbons (Fsp3) is 0.368. The molecule has 0 saturated carbocycles. The van der Waals surface area contributed by atoms with Crippen LogP contribution in [0.4, 0.5) is 5.00 Å². The number of anilines is 1. The van der Waals surface area contributed by atoms with E-state index >= 15 is 0 Å². The number of nitriles is 1. The van der Waals surface area contributed by atoms with Crippen LogP contribution >= 0.6 is 11.3 Å². The summed E-state index contributed by atoms with van der Waals surface area (Å²) >= 11 is 1.51. The van der Waals surface area contributed by atoms with Crippen molar-refractivity contribution in [3.05, 3.63) is 40.3 Å². The lowest BCUT2D eigenvalue weighted by Crippen LogP contribution is -2.20. The van der Waals surface area contributed by atoms with E-state index in [0.29, 0.717) is 28.7 Å². The lowest BCUT2D eigenvalue weighted by atomic mass is 9.96. The van der Waals surface area contributed by atoms with Crippen molar-refractivity contribution in [1.29, 1.82) is 5.26 Å². The summed E-state index contributed by atoms with van der Waals surface area (Å²) in [6, 6.07) is 9.50. The Morgan fingerprint density at radius 3 is 2.68 bits per heavy atom. The number of thiophene rings is 1. The fourth-order valence-electron chi connectivity index (χ4n) is 2.92. The van der Waals surface area contributed by atoms with E-state index in [0.717, 1.165) is 31.2 Å². The molecular weight excluding hydrogens is 336 g/mol. The molecule has 1 aliphatic rings. The monoisotopic (exact) mass is 356 g/mol. The van der Waals surface area contributed by atoms with Crippen molar-refractivity contribution in [2.45, 2.75) is 32.6 Å². The molecular formula is C19H20N2O3S. The predicted molar refractivity (Wildman–Crippen MR) is 97.4 cm³/mol. The molecule has 1 aliphatic carbocycles. The quantitative estimate of drug-likeness (QED) is 0.852. The van der Waals surface area contributed by atoms with Gasteiger partial charge in [0, 0.05) is 4.88 Å². The van der Waals surface area contributed by atoms with Gasteiger partial charge in [-0.3, -0.25) is 4.79 Å². The summed E-state index contributed by atoms with van der Waals surface area (Å²) in [5.74, 6) is 0.869. The van der Waals surface area contributed by atoms with E-state index in [2.05, 4.69) is 11.4 Å². The highest BCUT2D eigenvalue weighted by molar-refractivity contribution is 7.16. The first-order valence-electron chi connectivity index (χ1n) is 8.42. The van der Waals surface area contributed by atoms with Crippen LogP contribution in [0.5, 0.6) is 11.5 Å². The number of nitrogens with zero attached hydrogens (tertiary/aromatic N) is 1. The number of nitrogens with one attached hydrogen (secondary N) is 1. The Balaban J connectivity index is 1.66. The third-order valence-electron chi connectivity index (χ3n) is 4.04. The Kier molecular flexibility index (Phi) is 5.56. The third-order valence-corrected chi connectivity index (χ3v) is 5.25. The van der Waals surface area contributed by atoms with E-state index in [-0.39, 0.29) is 12.5 Å². The number of benzene rings is 1. The van der Waals surface area contributed by atoms with Crippen molar-refractivity contribution in [2.24, 2.45) is 0 Å². The summed E-state index contributed by atoms with van der Waals surface area (Å²) in [5.41, 5.74) is 1.72. The summed E-state index contributed by atoms with van der Waals surface area (Å²) in [4.78, 5) is 13.5. The van der Waals surface area contributed by atoms with Gasteiger partial charge in [-0.05, 0) is 50.3 Å². The molecule has 1 aromatic carbocycles. The van der Waals surface area contributed by atoms with Crippen LogP contribution in [0, 0.1) is 11.3 Å². The first kappa shape index (κ1) is 17.3. The molecule has 3 rings (SSSR count). The van der Waals surface area contributed by atoms with Gasteiger partial charge in [-0.1, -0.05) is 12.1 Å². The smallest absolute Gasteiger partial charge is 0.262 e. The van der Waals surface area contributed by atoms with Crippen LogP contribution in [0.1, 0.15) is 35.8 Å². The minimum atomic E-state index is -0.276. The second kappa shape index (κ2) is 8.04. The van der Waals surface area contributed by atoms with Gasteiger partial charge in [-0.2, -0.15) is 5.26 Å². The second-order valence-electron chi connectivity index (χ2n) is 5.74. The zero-order valence-electron chi connectivity index (χ0n) is 14.1. The Labute approximate surface area is 151 Å². The molecule has 0 unspecified atom stereocenters. The molecule has 0 fully saturated rings. The normalized spacial score (nSPS) is 12.8. The standard InChI is InChI=1S/C19H20N2O3S/c1-2-23-15-8-4-5-9-16(15)24-12-18(22)21-19-14(11-20)13-7-3-6-10-17(13)25-19/h4-5,8-9H,2-3,6-7,10,12H2,1H3,(H,21,22). The molecule has 0 saturated heterocycles. The first-order valence-corrected chi connectivity index (χ1v) is 9.23. The van der Waals surface area contributed by atoms with Crippen LogP contribution in [0.3, 0.4) is 0 Å². The lowest BCUT2D eigenvalue weighted by Gasteiger charge is -2.11. The number of ether oxygens (including phenoxy) is 2. The maximum Gasteiger partial charge on any atom is 0.262 e. The zero-order valence-corrected chi connectivity index (χ0v) is 14.9. The molecule has 6 heteroatoms. The summed E-state index contributed by atoms with van der Waals surface area (Å²) in [5, 5.41) is 12.9. The molecule has 1 heterocycles. The topological polar surface area (TPSA) is 71.3 Å². The number of amides is 1. The molecule has 5 nitrogen and oxygen atoms in total. The lowest BCUT2D eigenvalue weighted by molar-refractivity contribution is -0.118. The fourth-order valence-corrected chi connectivity index (χ4v) is 4.18. The van der Waals surface area contributed by atoms with Gasteiger partial charge < -0.3 is 14.8 Å². The number of hydrogen-bond acceptors (Lipinski definition) is 5. The van der Waals surface area contributed by atoms with Gasteiger partial charge >= 0.3 is 0 Å². The van der Waals surface area contributed by atoms with Crippen molar-refractivity contribution in [3.8, 4) is 17.6 Å². The SMILES string of the molecule is CCOc1ccccc1OCC(=O)Nc1sc2c(c1C#N)CCCC2. The van der Waals surface area contributed by atoms with Crippen LogP contribution in [-0.2, 0) is 17.6 Å². The van der Waals surface area contributed by atoms with Gasteiger partial charge in [0.1, 0.15) is 11.1 Å². The van der Waals surface area contributed by atoms with Gasteiger partial charge in [0.15, 0.2) is 18.1 Å². The average molecular weight is 356 g/mol. The highest BCUT2D eigenvalue weighted by Crippen LogP contribution is 2.37. The summed E-state index contributed by atoms with van der Waals surface area (Å²) in [7, 11) is 0. The van der Waals surface area contributed by atoms with Crippen molar-refractivity contribution >= 4 is 22.2 Å². The van der Waals surface area contributed by atoms with Gasteiger partial charge in [0.2, 0.25) is 0 Å². The van der Waals surface area contributed by atoms with Crippen LogP contribution in [0.25, 0.3) is 0 Å². The van der Waals surface area contributed by atoms with E-state index in [4.69, 9.17) is 9.47 Å². The average Bonchev–Trinajstić information content (AvgIpc) is 2.98. The molecule has 2 aromatic rings. The minimum absolute atomic E-state index is 0.127.